The van der Waals surface area contributed by atoms with Crippen LogP contribution in [0, 0.1) is 5.92 Å². The van der Waals surface area contributed by atoms with Crippen LogP contribution in [0.2, 0.25) is 0 Å². The van der Waals surface area contributed by atoms with Crippen molar-refractivity contribution in [3.63, 3.8) is 0 Å². The summed E-state index contributed by atoms with van der Waals surface area (Å²) in [6, 6.07) is 0.141. The number of rotatable bonds is 7. The van der Waals surface area contributed by atoms with Gasteiger partial charge in [0, 0.05) is 12.5 Å². The molecule has 0 radical (unpaired) electrons. The third kappa shape index (κ3) is 6.47. The Kier molecular flexibility index (Phi) is 9.23. The molecule has 0 bridgehead atoms. The van der Waals surface area contributed by atoms with Crippen LogP contribution < -0.4 is 11.1 Å². The Morgan fingerprint density at radius 2 is 2.17 bits per heavy atom. The van der Waals surface area contributed by atoms with Crippen LogP contribution >= 0.6 is 12.4 Å². The van der Waals surface area contributed by atoms with Gasteiger partial charge in [-0.05, 0) is 25.3 Å². The fraction of sp³-hybridized carbons (Fsp3) is 0.909. The lowest BCUT2D eigenvalue weighted by molar-refractivity contribution is -0.123. The molecule has 0 saturated heterocycles. The van der Waals surface area contributed by atoms with Crippen molar-refractivity contribution < 1.29 is 18.3 Å². The van der Waals surface area contributed by atoms with Crippen LogP contribution in [0.25, 0.3) is 0 Å². The first-order chi connectivity index (χ1) is 8.13. The second-order valence-electron chi connectivity index (χ2n) is 4.32. The number of nitrogens with one attached hydrogen (secondary N) is 1. The van der Waals surface area contributed by atoms with Crippen molar-refractivity contribution in [2.75, 3.05) is 19.8 Å². The summed E-state index contributed by atoms with van der Waals surface area (Å²) >= 11 is 0. The largest absolute Gasteiger partial charge is 0.375 e. The topological polar surface area (TPSA) is 64.3 Å². The van der Waals surface area contributed by atoms with E-state index in [1.54, 1.807) is 0 Å². The maximum Gasteiger partial charge on any atom is 0.261 e. The third-order valence-electron chi connectivity index (χ3n) is 3.03. The van der Waals surface area contributed by atoms with Crippen molar-refractivity contribution in [3.05, 3.63) is 0 Å². The van der Waals surface area contributed by atoms with Gasteiger partial charge in [-0.15, -0.1) is 12.4 Å². The molecule has 3 N–H and O–H groups in total. The minimum absolute atomic E-state index is 0. The number of hydrogen-bond acceptors (Lipinski definition) is 3. The summed E-state index contributed by atoms with van der Waals surface area (Å²) in [6.45, 7) is 0.00511. The molecule has 1 fully saturated rings. The first kappa shape index (κ1) is 17.5. The van der Waals surface area contributed by atoms with Crippen LogP contribution in [0.3, 0.4) is 0 Å². The Bertz CT molecular complexity index is 245. The van der Waals surface area contributed by atoms with Crippen LogP contribution in [0.15, 0.2) is 0 Å². The van der Waals surface area contributed by atoms with E-state index in [2.05, 4.69) is 10.1 Å². The van der Waals surface area contributed by atoms with Crippen LogP contribution in [-0.4, -0.2) is 38.1 Å². The molecule has 2 atom stereocenters. The van der Waals surface area contributed by atoms with Gasteiger partial charge in [-0.3, -0.25) is 4.79 Å². The zero-order valence-corrected chi connectivity index (χ0v) is 11.1. The maximum absolute atomic E-state index is 11.7. The number of ether oxygens (including phenoxy) is 1. The molecular weight excluding hydrogens is 266 g/mol. The molecule has 7 heteroatoms. The predicted octanol–water partition coefficient (Wildman–Crippen LogP) is 1.32. The van der Waals surface area contributed by atoms with Gasteiger partial charge < -0.3 is 15.8 Å². The van der Waals surface area contributed by atoms with Crippen LogP contribution in [0.1, 0.15) is 25.7 Å². The van der Waals surface area contributed by atoms with E-state index in [1.165, 1.54) is 0 Å². The molecule has 0 aromatic carbocycles. The lowest BCUT2D eigenvalue weighted by atomic mass is 10.0. The second kappa shape index (κ2) is 9.47. The quantitative estimate of drug-likeness (QED) is 0.694. The Balaban J connectivity index is 0.00000289. The minimum Gasteiger partial charge on any atom is -0.375 e. The Morgan fingerprint density at radius 1 is 1.44 bits per heavy atom. The van der Waals surface area contributed by atoms with E-state index in [-0.39, 0.29) is 37.4 Å². The van der Waals surface area contributed by atoms with Gasteiger partial charge in [-0.1, -0.05) is 6.42 Å². The van der Waals surface area contributed by atoms with Crippen LogP contribution in [0.4, 0.5) is 8.78 Å². The van der Waals surface area contributed by atoms with Crippen molar-refractivity contribution >= 4 is 18.3 Å². The molecule has 0 spiro atoms. The van der Waals surface area contributed by atoms with E-state index in [9.17, 15) is 13.6 Å². The number of amides is 1. The summed E-state index contributed by atoms with van der Waals surface area (Å²) in [4.78, 5) is 11.5. The number of carbonyl (C=O) groups is 1. The van der Waals surface area contributed by atoms with Crippen LogP contribution in [-0.2, 0) is 9.53 Å². The second-order valence-corrected chi connectivity index (χ2v) is 4.32. The molecule has 1 saturated carbocycles. The van der Waals surface area contributed by atoms with Crippen molar-refractivity contribution in [3.8, 4) is 0 Å². The first-order valence-corrected chi connectivity index (χ1v) is 5.98. The van der Waals surface area contributed by atoms with Crippen molar-refractivity contribution in [1.82, 2.24) is 5.32 Å². The molecule has 2 unspecified atom stereocenters. The average molecular weight is 287 g/mol. The van der Waals surface area contributed by atoms with E-state index >= 15 is 0 Å². The average Bonchev–Trinajstić information content (AvgIpc) is 2.71. The third-order valence-corrected chi connectivity index (χ3v) is 3.03. The van der Waals surface area contributed by atoms with Crippen LogP contribution in [0.5, 0.6) is 0 Å². The predicted molar refractivity (Wildman–Crippen MR) is 67.0 cm³/mol. The number of alkyl halides is 2. The highest BCUT2D eigenvalue weighted by atomic mass is 35.5. The normalized spacial score (nSPS) is 22.9. The van der Waals surface area contributed by atoms with Gasteiger partial charge in [0.05, 0.1) is 6.61 Å². The Hall–Kier alpha value is -0.460. The highest BCUT2D eigenvalue weighted by Gasteiger charge is 2.26. The molecule has 1 amide bonds. The van der Waals surface area contributed by atoms with E-state index in [4.69, 9.17) is 5.73 Å². The highest BCUT2D eigenvalue weighted by molar-refractivity contribution is 5.85. The highest BCUT2D eigenvalue weighted by Crippen LogP contribution is 2.24. The fourth-order valence-electron chi connectivity index (χ4n) is 2.13. The van der Waals surface area contributed by atoms with Crippen molar-refractivity contribution in [2.24, 2.45) is 11.7 Å². The van der Waals surface area contributed by atoms with Gasteiger partial charge >= 0.3 is 0 Å². The standard InChI is InChI=1S/C11H20F2N2O2.ClH/c12-10(13)7-17-5-4-11(16)15-9-3-1-2-8(9)6-14;/h8-10H,1-7,14H2,(H,15,16);1H. The summed E-state index contributed by atoms with van der Waals surface area (Å²) in [6.07, 6.45) is 0.721. The van der Waals surface area contributed by atoms with Gasteiger partial charge in [0.1, 0.15) is 6.61 Å². The number of hydrogen-bond donors (Lipinski definition) is 2. The van der Waals surface area contributed by atoms with Gasteiger partial charge in [0.25, 0.3) is 6.43 Å². The Morgan fingerprint density at radius 3 is 2.78 bits per heavy atom. The first-order valence-electron chi connectivity index (χ1n) is 5.98. The van der Waals surface area contributed by atoms with Gasteiger partial charge in [0.15, 0.2) is 0 Å². The van der Waals surface area contributed by atoms with Crippen molar-refractivity contribution in [2.45, 2.75) is 38.2 Å². The molecule has 18 heavy (non-hydrogen) atoms. The molecule has 4 nitrogen and oxygen atoms in total. The maximum atomic E-state index is 11.7. The van der Waals surface area contributed by atoms with Gasteiger partial charge in [-0.25, -0.2) is 8.78 Å². The number of halogens is 3. The number of nitrogens with two attached hydrogens (primary N) is 1. The summed E-state index contributed by atoms with van der Waals surface area (Å²) in [5.41, 5.74) is 5.60. The molecule has 0 aliphatic heterocycles. The molecular formula is C11H21ClF2N2O2. The number of carbonyl (C=O) groups excluding carboxylic acids is 1. The Labute approximate surface area is 112 Å². The van der Waals surface area contributed by atoms with E-state index < -0.39 is 13.0 Å². The lowest BCUT2D eigenvalue weighted by Crippen LogP contribution is -2.40. The molecule has 0 aromatic rings. The van der Waals surface area contributed by atoms with Crippen molar-refractivity contribution in [1.29, 1.82) is 0 Å². The molecule has 0 heterocycles. The SMILES string of the molecule is Cl.NCC1CCCC1NC(=O)CCOCC(F)F. The smallest absolute Gasteiger partial charge is 0.261 e. The van der Waals surface area contributed by atoms with E-state index in [0.717, 1.165) is 19.3 Å². The summed E-state index contributed by atoms with van der Waals surface area (Å²) in [5.74, 6) is 0.200. The fourth-order valence-corrected chi connectivity index (χ4v) is 2.13. The minimum atomic E-state index is -2.48. The summed E-state index contributed by atoms with van der Waals surface area (Å²) < 4.78 is 28.1. The summed E-state index contributed by atoms with van der Waals surface area (Å²) in [5, 5.41) is 2.88. The monoisotopic (exact) mass is 286 g/mol. The molecule has 1 aliphatic rings. The summed E-state index contributed by atoms with van der Waals surface area (Å²) in [7, 11) is 0. The van der Waals surface area contributed by atoms with Gasteiger partial charge in [-0.2, -0.15) is 0 Å². The molecule has 1 aliphatic carbocycles. The molecule has 108 valence electrons. The van der Waals surface area contributed by atoms with E-state index in [1.807, 2.05) is 0 Å². The molecule has 1 rings (SSSR count). The zero-order chi connectivity index (χ0) is 12.7. The van der Waals surface area contributed by atoms with E-state index in [0.29, 0.717) is 12.5 Å². The molecule has 0 aromatic heterocycles. The zero-order valence-electron chi connectivity index (χ0n) is 10.2. The lowest BCUT2D eigenvalue weighted by Gasteiger charge is -2.19. The van der Waals surface area contributed by atoms with Gasteiger partial charge in [0.2, 0.25) is 5.91 Å².